The number of methoxy groups -OCH3 is 2. The van der Waals surface area contributed by atoms with Crippen LogP contribution >= 0.6 is 0 Å². The molecule has 0 radical (unpaired) electrons. The van der Waals surface area contributed by atoms with Gasteiger partial charge in [0.05, 0.1) is 25.6 Å². The maximum absolute atomic E-state index is 13.4. The molecule has 0 aliphatic carbocycles. The predicted octanol–water partition coefficient (Wildman–Crippen LogP) is 3.57. The zero-order chi connectivity index (χ0) is 22.0. The Bertz CT molecular complexity index is 1310. The highest BCUT2D eigenvalue weighted by molar-refractivity contribution is 7.90. The normalized spacial score (nSPS) is 11.3. The largest absolute Gasteiger partial charge is 0.505 e. The summed E-state index contributed by atoms with van der Waals surface area (Å²) < 4.78 is 38.2. The van der Waals surface area contributed by atoms with Crippen molar-refractivity contribution in [1.29, 1.82) is 0 Å². The molecule has 0 aliphatic rings. The lowest BCUT2D eigenvalue weighted by Crippen LogP contribution is -2.15. The SMILES string of the molecule is COc1ccc(-c2ncn(S(=O)(=O)c3ncccc3O)c2-c2ccc(OC)cc2)cc1. The number of hydrogen-bond acceptors (Lipinski definition) is 7. The number of hydrogen-bond donors (Lipinski definition) is 1. The van der Waals surface area contributed by atoms with E-state index < -0.39 is 20.8 Å². The maximum Gasteiger partial charge on any atom is 0.290 e. The molecule has 0 spiro atoms. The van der Waals surface area contributed by atoms with Crippen LogP contribution in [-0.4, -0.2) is 41.7 Å². The summed E-state index contributed by atoms with van der Waals surface area (Å²) in [6.07, 6.45) is 2.52. The molecule has 0 unspecified atom stereocenters. The first-order chi connectivity index (χ1) is 15.0. The van der Waals surface area contributed by atoms with Crippen LogP contribution in [0.3, 0.4) is 0 Å². The van der Waals surface area contributed by atoms with E-state index in [1.165, 1.54) is 24.7 Å². The highest BCUT2D eigenvalue weighted by Crippen LogP contribution is 2.35. The quantitative estimate of drug-likeness (QED) is 0.492. The van der Waals surface area contributed by atoms with Crippen molar-refractivity contribution in [3.63, 3.8) is 0 Å². The Labute approximate surface area is 179 Å². The van der Waals surface area contributed by atoms with Crippen LogP contribution < -0.4 is 9.47 Å². The topological polar surface area (TPSA) is 104 Å². The number of ether oxygens (including phenoxy) is 2. The van der Waals surface area contributed by atoms with Gasteiger partial charge in [0, 0.05) is 17.3 Å². The van der Waals surface area contributed by atoms with Gasteiger partial charge in [-0.25, -0.2) is 13.9 Å². The minimum absolute atomic E-state index is 0.331. The first-order valence-electron chi connectivity index (χ1n) is 9.21. The van der Waals surface area contributed by atoms with Crippen LogP contribution in [0.1, 0.15) is 0 Å². The molecular weight excluding hydrogens is 418 g/mol. The van der Waals surface area contributed by atoms with Gasteiger partial charge < -0.3 is 14.6 Å². The van der Waals surface area contributed by atoms with Crippen LogP contribution in [-0.2, 0) is 10.0 Å². The van der Waals surface area contributed by atoms with E-state index in [0.29, 0.717) is 34.0 Å². The van der Waals surface area contributed by atoms with Crippen molar-refractivity contribution in [2.45, 2.75) is 5.03 Å². The molecule has 158 valence electrons. The lowest BCUT2D eigenvalue weighted by atomic mass is 10.0. The van der Waals surface area contributed by atoms with Crippen molar-refractivity contribution >= 4 is 10.0 Å². The van der Waals surface area contributed by atoms with E-state index >= 15 is 0 Å². The van der Waals surface area contributed by atoms with Crippen molar-refractivity contribution in [3.8, 4) is 39.8 Å². The van der Waals surface area contributed by atoms with Crippen molar-refractivity contribution in [1.82, 2.24) is 13.9 Å². The highest BCUT2D eigenvalue weighted by Gasteiger charge is 2.28. The van der Waals surface area contributed by atoms with Gasteiger partial charge in [0.15, 0.2) is 5.75 Å². The van der Waals surface area contributed by atoms with Crippen LogP contribution in [0.4, 0.5) is 0 Å². The first kappa shape index (κ1) is 20.4. The van der Waals surface area contributed by atoms with Crippen LogP contribution in [0.2, 0.25) is 0 Å². The molecule has 1 N–H and O–H groups in total. The fourth-order valence-electron chi connectivity index (χ4n) is 3.16. The van der Waals surface area contributed by atoms with Gasteiger partial charge in [0.25, 0.3) is 10.0 Å². The molecule has 2 aromatic heterocycles. The zero-order valence-corrected chi connectivity index (χ0v) is 17.6. The van der Waals surface area contributed by atoms with E-state index in [-0.39, 0.29) is 0 Å². The molecule has 0 bridgehead atoms. The summed E-state index contributed by atoms with van der Waals surface area (Å²) in [5.41, 5.74) is 2.08. The van der Waals surface area contributed by atoms with Crippen molar-refractivity contribution in [3.05, 3.63) is 73.2 Å². The molecule has 2 aromatic carbocycles. The second-order valence-electron chi connectivity index (χ2n) is 6.53. The molecule has 2 heterocycles. The van der Waals surface area contributed by atoms with Crippen molar-refractivity contribution in [2.75, 3.05) is 14.2 Å². The number of aromatic nitrogens is 3. The molecule has 0 saturated carbocycles. The monoisotopic (exact) mass is 437 g/mol. The Hall–Kier alpha value is -3.85. The molecule has 8 nitrogen and oxygen atoms in total. The van der Waals surface area contributed by atoms with Gasteiger partial charge in [-0.3, -0.25) is 0 Å². The maximum atomic E-state index is 13.4. The second kappa shape index (κ2) is 8.11. The Balaban J connectivity index is 1.95. The van der Waals surface area contributed by atoms with Gasteiger partial charge in [-0.2, -0.15) is 8.42 Å². The molecule has 0 fully saturated rings. The number of pyridine rings is 1. The summed E-state index contributed by atoms with van der Waals surface area (Å²) in [4.78, 5) is 8.25. The molecule has 4 aromatic rings. The van der Waals surface area contributed by atoms with Crippen LogP contribution in [0.25, 0.3) is 22.5 Å². The lowest BCUT2D eigenvalue weighted by Gasteiger charge is -2.12. The molecule has 0 amide bonds. The van der Waals surface area contributed by atoms with Crippen molar-refractivity contribution < 1.29 is 23.0 Å². The third kappa shape index (κ3) is 3.71. The molecule has 0 aliphatic heterocycles. The summed E-state index contributed by atoms with van der Waals surface area (Å²) in [5.74, 6) is 0.856. The van der Waals surface area contributed by atoms with E-state index in [4.69, 9.17) is 9.47 Å². The van der Waals surface area contributed by atoms with Crippen LogP contribution in [0, 0.1) is 0 Å². The highest BCUT2D eigenvalue weighted by atomic mass is 32.2. The minimum Gasteiger partial charge on any atom is -0.505 e. The average molecular weight is 437 g/mol. The fourth-order valence-corrected chi connectivity index (χ4v) is 4.48. The average Bonchev–Trinajstić information content (AvgIpc) is 3.25. The molecule has 9 heteroatoms. The van der Waals surface area contributed by atoms with Gasteiger partial charge in [-0.15, -0.1) is 0 Å². The van der Waals surface area contributed by atoms with Crippen molar-refractivity contribution in [2.24, 2.45) is 0 Å². The van der Waals surface area contributed by atoms with E-state index in [9.17, 15) is 13.5 Å². The van der Waals surface area contributed by atoms with E-state index in [2.05, 4.69) is 9.97 Å². The van der Waals surface area contributed by atoms with Gasteiger partial charge in [0.2, 0.25) is 5.03 Å². The first-order valence-corrected chi connectivity index (χ1v) is 10.7. The number of benzene rings is 2. The summed E-state index contributed by atoms with van der Waals surface area (Å²) in [5, 5.41) is 9.66. The van der Waals surface area contributed by atoms with Gasteiger partial charge in [-0.1, -0.05) is 0 Å². The standard InChI is InChI=1S/C22H19N3O5S/c1-29-17-9-5-15(6-10-17)20-21(16-7-11-18(30-2)12-8-16)25(14-24-20)31(27,28)22-19(26)4-3-13-23-22/h3-14,26H,1-2H3. The number of nitrogens with zero attached hydrogens (tertiary/aromatic N) is 3. The number of rotatable bonds is 6. The van der Waals surface area contributed by atoms with Gasteiger partial charge in [0.1, 0.15) is 17.8 Å². The summed E-state index contributed by atoms with van der Waals surface area (Å²) >= 11 is 0. The summed E-state index contributed by atoms with van der Waals surface area (Å²) in [6.45, 7) is 0. The summed E-state index contributed by atoms with van der Waals surface area (Å²) in [6, 6.07) is 16.8. The smallest absolute Gasteiger partial charge is 0.290 e. The minimum atomic E-state index is -4.23. The number of imidazole rings is 1. The van der Waals surface area contributed by atoms with Crippen LogP contribution in [0.15, 0.2) is 78.2 Å². The third-order valence-corrected chi connectivity index (χ3v) is 6.32. The molecule has 0 saturated heterocycles. The molecule has 31 heavy (non-hydrogen) atoms. The Morgan fingerprint density at radius 1 is 0.839 bits per heavy atom. The van der Waals surface area contributed by atoms with E-state index in [1.54, 1.807) is 62.8 Å². The molecule has 0 atom stereocenters. The molecular formula is C22H19N3O5S. The van der Waals surface area contributed by atoms with E-state index in [1.807, 2.05) is 0 Å². The second-order valence-corrected chi connectivity index (χ2v) is 8.26. The van der Waals surface area contributed by atoms with Gasteiger partial charge >= 0.3 is 0 Å². The lowest BCUT2D eigenvalue weighted by molar-refractivity contribution is 0.414. The number of aromatic hydroxyl groups is 1. The van der Waals surface area contributed by atoms with Crippen LogP contribution in [0.5, 0.6) is 17.2 Å². The van der Waals surface area contributed by atoms with Gasteiger partial charge in [-0.05, 0) is 60.7 Å². The van der Waals surface area contributed by atoms with E-state index in [0.717, 1.165) is 3.97 Å². The molecule has 4 rings (SSSR count). The Kier molecular flexibility index (Phi) is 5.35. The Morgan fingerprint density at radius 2 is 1.42 bits per heavy atom. The summed E-state index contributed by atoms with van der Waals surface area (Å²) in [7, 11) is -1.11. The third-order valence-electron chi connectivity index (χ3n) is 4.72. The zero-order valence-electron chi connectivity index (χ0n) is 16.8. The fraction of sp³-hybridized carbons (Fsp3) is 0.0909. The predicted molar refractivity (Wildman–Crippen MR) is 115 cm³/mol. The Morgan fingerprint density at radius 3 is 1.97 bits per heavy atom.